The molecule has 0 saturated heterocycles. The zero-order valence-corrected chi connectivity index (χ0v) is 8.32. The second-order valence-electron chi connectivity index (χ2n) is 2.47. The van der Waals surface area contributed by atoms with E-state index in [0.717, 1.165) is 30.6 Å². The van der Waals surface area contributed by atoms with Crippen molar-refractivity contribution in [2.75, 3.05) is 26.0 Å². The minimum absolute atomic E-state index is 0.732. The van der Waals surface area contributed by atoms with Crippen LogP contribution in [-0.4, -0.2) is 31.3 Å². The predicted octanol–water partition coefficient (Wildman–Crippen LogP) is 1.49. The summed E-state index contributed by atoms with van der Waals surface area (Å²) < 4.78 is 4.96. The lowest BCUT2D eigenvalue weighted by molar-refractivity contribution is 0.218. The van der Waals surface area contributed by atoms with E-state index in [1.165, 1.54) is 6.42 Å². The van der Waals surface area contributed by atoms with Gasteiger partial charge in [0, 0.05) is 18.1 Å². The van der Waals surface area contributed by atoms with Crippen molar-refractivity contribution in [1.29, 1.82) is 0 Å². The number of nitrogens with two attached hydrogens (primary N) is 1. The number of hydrogen-bond acceptors (Lipinski definition) is 3. The Morgan fingerprint density at radius 1 is 1.55 bits per heavy atom. The maximum atomic E-state index is 5.46. The van der Waals surface area contributed by atoms with Crippen LogP contribution in [0.4, 0.5) is 0 Å². The fourth-order valence-corrected chi connectivity index (χ4v) is 2.02. The van der Waals surface area contributed by atoms with E-state index in [1.54, 1.807) is 7.11 Å². The molecular weight excluding hydrogens is 158 g/mol. The lowest BCUT2D eigenvalue weighted by Crippen LogP contribution is -2.11. The Labute approximate surface area is 73.9 Å². The van der Waals surface area contributed by atoms with Gasteiger partial charge in [0.15, 0.2) is 0 Å². The topological polar surface area (TPSA) is 35.2 Å². The molecule has 0 aliphatic carbocycles. The molecule has 0 aliphatic heterocycles. The SMILES string of the molecule is CCC(CCN)SCCOC. The first-order chi connectivity index (χ1) is 5.35. The summed E-state index contributed by atoms with van der Waals surface area (Å²) in [6.45, 7) is 3.87. The smallest absolute Gasteiger partial charge is 0.0553 e. The highest BCUT2D eigenvalue weighted by atomic mass is 32.2. The first-order valence-corrected chi connectivity index (χ1v) is 5.20. The third-order valence-electron chi connectivity index (χ3n) is 1.58. The van der Waals surface area contributed by atoms with Gasteiger partial charge in [0.05, 0.1) is 6.61 Å². The van der Waals surface area contributed by atoms with Crippen LogP contribution in [0.2, 0.25) is 0 Å². The Morgan fingerprint density at radius 3 is 2.73 bits per heavy atom. The summed E-state index contributed by atoms with van der Waals surface area (Å²) in [5, 5.41) is 0.732. The molecule has 2 nitrogen and oxygen atoms in total. The van der Waals surface area contributed by atoms with Crippen LogP contribution in [-0.2, 0) is 4.74 Å². The molecule has 0 amide bonds. The Balaban J connectivity index is 3.20. The summed E-state index contributed by atoms with van der Waals surface area (Å²) >= 11 is 1.97. The number of methoxy groups -OCH3 is 1. The molecule has 3 heteroatoms. The molecule has 2 N–H and O–H groups in total. The van der Waals surface area contributed by atoms with Crippen LogP contribution in [0.15, 0.2) is 0 Å². The Kier molecular flexibility index (Phi) is 8.57. The number of thioether (sulfide) groups is 1. The maximum Gasteiger partial charge on any atom is 0.0553 e. The van der Waals surface area contributed by atoms with Crippen molar-refractivity contribution in [3.05, 3.63) is 0 Å². The maximum absolute atomic E-state index is 5.46. The van der Waals surface area contributed by atoms with Crippen molar-refractivity contribution in [1.82, 2.24) is 0 Å². The molecule has 68 valence electrons. The predicted molar refractivity (Wildman–Crippen MR) is 52.1 cm³/mol. The van der Waals surface area contributed by atoms with Gasteiger partial charge in [0.2, 0.25) is 0 Å². The summed E-state index contributed by atoms with van der Waals surface area (Å²) in [6.07, 6.45) is 2.34. The fourth-order valence-electron chi connectivity index (χ4n) is 0.889. The second kappa shape index (κ2) is 8.37. The fraction of sp³-hybridized carbons (Fsp3) is 1.00. The molecule has 0 saturated carbocycles. The average molecular weight is 177 g/mol. The summed E-state index contributed by atoms with van der Waals surface area (Å²) in [7, 11) is 1.74. The molecule has 0 fully saturated rings. The summed E-state index contributed by atoms with van der Waals surface area (Å²) in [5.74, 6) is 1.09. The van der Waals surface area contributed by atoms with Gasteiger partial charge in [-0.15, -0.1) is 0 Å². The first kappa shape index (κ1) is 11.3. The lowest BCUT2D eigenvalue weighted by Gasteiger charge is -2.12. The molecule has 0 bridgehead atoms. The van der Waals surface area contributed by atoms with Crippen molar-refractivity contribution < 1.29 is 4.74 Å². The summed E-state index contributed by atoms with van der Waals surface area (Å²) in [4.78, 5) is 0. The van der Waals surface area contributed by atoms with Crippen LogP contribution in [0.5, 0.6) is 0 Å². The van der Waals surface area contributed by atoms with Crippen LogP contribution in [0.3, 0.4) is 0 Å². The summed E-state index contributed by atoms with van der Waals surface area (Å²) in [6, 6.07) is 0. The van der Waals surface area contributed by atoms with Crippen LogP contribution in [0.25, 0.3) is 0 Å². The van der Waals surface area contributed by atoms with Gasteiger partial charge < -0.3 is 10.5 Å². The van der Waals surface area contributed by atoms with Crippen molar-refractivity contribution in [2.24, 2.45) is 5.73 Å². The molecule has 0 radical (unpaired) electrons. The summed E-state index contributed by atoms with van der Waals surface area (Å²) in [5.41, 5.74) is 5.46. The highest BCUT2D eigenvalue weighted by Gasteiger charge is 2.03. The monoisotopic (exact) mass is 177 g/mol. The third kappa shape index (κ3) is 6.66. The minimum atomic E-state index is 0.732. The average Bonchev–Trinajstić information content (AvgIpc) is 2.03. The van der Waals surface area contributed by atoms with E-state index < -0.39 is 0 Å². The molecule has 0 aromatic heterocycles. The molecule has 0 aromatic rings. The molecule has 1 atom stereocenters. The zero-order valence-electron chi connectivity index (χ0n) is 7.51. The quantitative estimate of drug-likeness (QED) is 0.598. The number of rotatable bonds is 7. The highest BCUT2D eigenvalue weighted by molar-refractivity contribution is 7.99. The van der Waals surface area contributed by atoms with Gasteiger partial charge in [-0.1, -0.05) is 6.92 Å². The molecule has 0 spiro atoms. The second-order valence-corrected chi connectivity index (χ2v) is 3.88. The third-order valence-corrected chi connectivity index (χ3v) is 3.03. The zero-order chi connectivity index (χ0) is 8.53. The molecule has 11 heavy (non-hydrogen) atoms. The van der Waals surface area contributed by atoms with Crippen LogP contribution >= 0.6 is 11.8 Å². The van der Waals surface area contributed by atoms with Crippen molar-refractivity contribution >= 4 is 11.8 Å². The van der Waals surface area contributed by atoms with Crippen molar-refractivity contribution in [3.63, 3.8) is 0 Å². The van der Waals surface area contributed by atoms with E-state index in [-0.39, 0.29) is 0 Å². The van der Waals surface area contributed by atoms with Gasteiger partial charge in [-0.2, -0.15) is 11.8 Å². The van der Waals surface area contributed by atoms with Gasteiger partial charge in [0.1, 0.15) is 0 Å². The van der Waals surface area contributed by atoms with E-state index in [0.29, 0.717) is 0 Å². The molecule has 0 rings (SSSR count). The first-order valence-electron chi connectivity index (χ1n) is 4.15. The van der Waals surface area contributed by atoms with Gasteiger partial charge in [-0.05, 0) is 19.4 Å². The largest absolute Gasteiger partial charge is 0.384 e. The van der Waals surface area contributed by atoms with Gasteiger partial charge >= 0.3 is 0 Å². The number of ether oxygens (including phenoxy) is 1. The van der Waals surface area contributed by atoms with E-state index in [2.05, 4.69) is 6.92 Å². The Bertz CT molecular complexity index is 80.5. The van der Waals surface area contributed by atoms with E-state index in [9.17, 15) is 0 Å². The van der Waals surface area contributed by atoms with E-state index >= 15 is 0 Å². The Hall–Kier alpha value is 0.270. The minimum Gasteiger partial charge on any atom is -0.384 e. The molecule has 1 unspecified atom stereocenters. The van der Waals surface area contributed by atoms with Crippen molar-refractivity contribution in [3.8, 4) is 0 Å². The van der Waals surface area contributed by atoms with Gasteiger partial charge in [-0.3, -0.25) is 0 Å². The molecule has 0 aromatic carbocycles. The Morgan fingerprint density at radius 2 is 2.27 bits per heavy atom. The van der Waals surface area contributed by atoms with Crippen molar-refractivity contribution in [2.45, 2.75) is 25.0 Å². The highest BCUT2D eigenvalue weighted by Crippen LogP contribution is 2.16. The normalized spacial score (nSPS) is 13.4. The van der Waals surface area contributed by atoms with Gasteiger partial charge in [0.25, 0.3) is 0 Å². The van der Waals surface area contributed by atoms with Crippen LogP contribution in [0.1, 0.15) is 19.8 Å². The molecule has 0 heterocycles. The lowest BCUT2D eigenvalue weighted by atomic mass is 10.2. The van der Waals surface area contributed by atoms with Crippen LogP contribution in [0, 0.1) is 0 Å². The molecule has 0 aliphatic rings. The van der Waals surface area contributed by atoms with E-state index in [1.807, 2.05) is 11.8 Å². The van der Waals surface area contributed by atoms with E-state index in [4.69, 9.17) is 10.5 Å². The molecular formula is C8H19NOS. The standard InChI is InChI=1S/C8H19NOS/c1-3-8(4-5-9)11-7-6-10-2/h8H,3-7,9H2,1-2H3. The van der Waals surface area contributed by atoms with Gasteiger partial charge in [-0.25, -0.2) is 0 Å². The number of hydrogen-bond donors (Lipinski definition) is 1. The van der Waals surface area contributed by atoms with Crippen LogP contribution < -0.4 is 5.73 Å².